The van der Waals surface area contributed by atoms with Crippen LogP contribution in [0.3, 0.4) is 0 Å². The number of hydrazone groups is 1. The van der Waals surface area contributed by atoms with E-state index in [2.05, 4.69) is 10.5 Å². The van der Waals surface area contributed by atoms with Gasteiger partial charge in [0.25, 0.3) is 0 Å². The van der Waals surface area contributed by atoms with Gasteiger partial charge in [0.05, 0.1) is 17.7 Å². The summed E-state index contributed by atoms with van der Waals surface area (Å²) in [5, 5.41) is 4.57. The van der Waals surface area contributed by atoms with Crippen molar-refractivity contribution in [3.8, 4) is 5.75 Å². The normalized spacial score (nSPS) is 16.7. The number of hydrogen-bond acceptors (Lipinski definition) is 5. The fourth-order valence-corrected chi connectivity index (χ4v) is 2.93. The van der Waals surface area contributed by atoms with Crippen LogP contribution in [0.4, 0.5) is 18.9 Å². The van der Waals surface area contributed by atoms with Gasteiger partial charge in [-0.2, -0.15) is 18.3 Å². The molecule has 0 amide bonds. The molecule has 1 heterocycles. The molecule has 0 radical (unpaired) electrons. The lowest BCUT2D eigenvalue weighted by Gasteiger charge is -2.24. The Morgan fingerprint density at radius 1 is 1.26 bits per heavy atom. The first-order chi connectivity index (χ1) is 12.8. The molecule has 0 aliphatic carbocycles. The maximum absolute atomic E-state index is 12.7. The molecule has 0 bridgehead atoms. The van der Waals surface area contributed by atoms with Crippen molar-refractivity contribution in [2.45, 2.75) is 18.8 Å². The van der Waals surface area contributed by atoms with Gasteiger partial charge in [-0.3, -0.25) is 15.1 Å². The van der Waals surface area contributed by atoms with Crippen LogP contribution in [-0.2, 0) is 17.4 Å². The molecule has 1 aliphatic heterocycles. The zero-order chi connectivity index (χ0) is 19.6. The summed E-state index contributed by atoms with van der Waals surface area (Å²) in [6, 6.07) is 9.81. The number of anilines is 1. The van der Waals surface area contributed by atoms with Crippen molar-refractivity contribution in [2.24, 2.45) is 5.10 Å². The van der Waals surface area contributed by atoms with Gasteiger partial charge in [-0.15, -0.1) is 0 Å². The van der Waals surface area contributed by atoms with Crippen LogP contribution in [0.25, 0.3) is 0 Å². The van der Waals surface area contributed by atoms with E-state index in [4.69, 9.17) is 16.3 Å². The molecule has 2 aromatic rings. The van der Waals surface area contributed by atoms with Crippen LogP contribution in [0.15, 0.2) is 47.6 Å². The van der Waals surface area contributed by atoms with Crippen LogP contribution >= 0.6 is 11.6 Å². The first-order valence-corrected chi connectivity index (χ1v) is 8.27. The van der Waals surface area contributed by atoms with Crippen LogP contribution in [-0.4, -0.2) is 25.4 Å². The minimum atomic E-state index is -4.39. The molecule has 142 valence electrons. The SMILES string of the molecule is COc1cc(N2C(Cc3ccc(C(F)(F)F)cc3)=NNC2C=O)ccc1Cl. The number of carbonyl (C=O) groups excluding carboxylic acids is 1. The minimum Gasteiger partial charge on any atom is -0.495 e. The Kier molecular flexibility index (Phi) is 5.27. The lowest BCUT2D eigenvalue weighted by Crippen LogP contribution is -2.42. The number of carbonyl (C=O) groups is 1. The van der Waals surface area contributed by atoms with Crippen molar-refractivity contribution in [3.05, 3.63) is 58.6 Å². The van der Waals surface area contributed by atoms with Crippen LogP contribution in [0.2, 0.25) is 5.02 Å². The summed E-state index contributed by atoms with van der Waals surface area (Å²) in [6.07, 6.45) is -4.20. The van der Waals surface area contributed by atoms with Gasteiger partial charge in [-0.05, 0) is 29.8 Å². The van der Waals surface area contributed by atoms with E-state index >= 15 is 0 Å². The smallest absolute Gasteiger partial charge is 0.416 e. The third kappa shape index (κ3) is 4.00. The summed E-state index contributed by atoms with van der Waals surface area (Å²) in [7, 11) is 1.47. The summed E-state index contributed by atoms with van der Waals surface area (Å²) in [5.74, 6) is 0.913. The molecule has 9 heteroatoms. The van der Waals surface area contributed by atoms with Gasteiger partial charge >= 0.3 is 6.18 Å². The maximum Gasteiger partial charge on any atom is 0.416 e. The van der Waals surface area contributed by atoms with Gasteiger partial charge < -0.3 is 4.74 Å². The Labute approximate surface area is 158 Å². The third-order valence-electron chi connectivity index (χ3n) is 4.07. The summed E-state index contributed by atoms with van der Waals surface area (Å²) in [4.78, 5) is 13.0. The summed E-state index contributed by atoms with van der Waals surface area (Å²) in [6.45, 7) is 0. The average molecular weight is 398 g/mol. The predicted molar refractivity (Wildman–Crippen MR) is 96.1 cm³/mol. The number of nitrogens with one attached hydrogen (secondary N) is 1. The number of hydrogen-bond donors (Lipinski definition) is 1. The molecule has 1 unspecified atom stereocenters. The molecule has 1 N–H and O–H groups in total. The molecular weight excluding hydrogens is 383 g/mol. The van der Waals surface area contributed by atoms with E-state index in [1.54, 1.807) is 23.1 Å². The number of rotatable bonds is 5. The van der Waals surface area contributed by atoms with Crippen molar-refractivity contribution in [3.63, 3.8) is 0 Å². The predicted octanol–water partition coefficient (Wildman–Crippen LogP) is 3.86. The number of halogens is 4. The fourth-order valence-electron chi connectivity index (χ4n) is 2.73. The average Bonchev–Trinajstić information content (AvgIpc) is 3.04. The van der Waals surface area contributed by atoms with Crippen LogP contribution < -0.4 is 15.1 Å². The Balaban J connectivity index is 1.87. The standard InChI is InChI=1S/C18H15ClF3N3O2/c1-27-15-9-13(6-7-14(15)19)25-16(23-24-17(25)10-26)8-11-2-4-12(5-3-11)18(20,21)22/h2-7,9-10,17,24H,8H2,1H3. The summed E-state index contributed by atoms with van der Waals surface area (Å²) >= 11 is 6.04. The fraction of sp³-hybridized carbons (Fsp3) is 0.222. The van der Waals surface area contributed by atoms with Crippen LogP contribution in [0.5, 0.6) is 5.75 Å². The first kappa shape index (κ1) is 19.0. The molecule has 3 rings (SSSR count). The van der Waals surface area contributed by atoms with Crippen molar-refractivity contribution in [2.75, 3.05) is 12.0 Å². The van der Waals surface area contributed by atoms with Gasteiger partial charge in [0.2, 0.25) is 0 Å². The molecule has 1 aliphatic rings. The first-order valence-electron chi connectivity index (χ1n) is 7.90. The Morgan fingerprint density at radius 2 is 1.96 bits per heavy atom. The molecule has 0 fully saturated rings. The van der Waals surface area contributed by atoms with Gasteiger partial charge in [0, 0.05) is 18.2 Å². The van der Waals surface area contributed by atoms with Gasteiger partial charge in [0.15, 0.2) is 12.5 Å². The van der Waals surface area contributed by atoms with E-state index in [0.717, 1.165) is 12.1 Å². The van der Waals surface area contributed by atoms with Crippen molar-refractivity contribution < 1.29 is 22.7 Å². The number of amidine groups is 1. The number of ether oxygens (including phenoxy) is 1. The molecule has 0 aromatic heterocycles. The molecule has 1 atom stereocenters. The molecule has 0 saturated carbocycles. The molecule has 5 nitrogen and oxygen atoms in total. The maximum atomic E-state index is 12.7. The van der Waals surface area contributed by atoms with Crippen LogP contribution in [0.1, 0.15) is 11.1 Å². The minimum absolute atomic E-state index is 0.237. The van der Waals surface area contributed by atoms with E-state index in [-0.39, 0.29) is 6.42 Å². The van der Waals surface area contributed by atoms with Crippen LogP contribution in [0, 0.1) is 0 Å². The number of alkyl halides is 3. The topological polar surface area (TPSA) is 53.9 Å². The highest BCUT2D eigenvalue weighted by atomic mass is 35.5. The lowest BCUT2D eigenvalue weighted by molar-refractivity contribution is -0.137. The quantitative estimate of drug-likeness (QED) is 0.778. The Bertz CT molecular complexity index is 869. The Morgan fingerprint density at radius 3 is 2.56 bits per heavy atom. The van der Waals surface area contributed by atoms with E-state index in [9.17, 15) is 18.0 Å². The summed E-state index contributed by atoms with van der Waals surface area (Å²) in [5.41, 5.74) is 3.23. The second-order valence-corrected chi connectivity index (χ2v) is 6.21. The number of nitrogens with zero attached hydrogens (tertiary/aromatic N) is 2. The van der Waals surface area contributed by atoms with Crippen molar-refractivity contribution in [1.29, 1.82) is 0 Å². The third-order valence-corrected chi connectivity index (χ3v) is 4.38. The highest BCUT2D eigenvalue weighted by Gasteiger charge is 2.31. The van der Waals surface area contributed by atoms with E-state index in [1.807, 2.05) is 0 Å². The number of aldehydes is 1. The van der Waals surface area contributed by atoms with E-state index < -0.39 is 17.9 Å². The van der Waals surface area contributed by atoms with E-state index in [0.29, 0.717) is 34.1 Å². The summed E-state index contributed by atoms with van der Waals surface area (Å²) < 4.78 is 43.3. The van der Waals surface area contributed by atoms with E-state index in [1.165, 1.54) is 19.2 Å². The van der Waals surface area contributed by atoms with Gasteiger partial charge in [-0.25, -0.2) is 0 Å². The monoisotopic (exact) mass is 397 g/mol. The lowest BCUT2D eigenvalue weighted by atomic mass is 10.1. The second-order valence-electron chi connectivity index (χ2n) is 5.80. The zero-order valence-corrected chi connectivity index (χ0v) is 14.9. The van der Waals surface area contributed by atoms with Gasteiger partial charge in [0.1, 0.15) is 11.6 Å². The largest absolute Gasteiger partial charge is 0.495 e. The number of benzene rings is 2. The van der Waals surface area contributed by atoms with Crippen molar-refractivity contribution in [1.82, 2.24) is 5.43 Å². The highest BCUT2D eigenvalue weighted by molar-refractivity contribution is 6.32. The molecule has 0 spiro atoms. The zero-order valence-electron chi connectivity index (χ0n) is 14.1. The molecule has 0 saturated heterocycles. The molecule has 2 aromatic carbocycles. The molecule has 27 heavy (non-hydrogen) atoms. The van der Waals surface area contributed by atoms with Crippen molar-refractivity contribution >= 4 is 29.4 Å². The second kappa shape index (κ2) is 7.48. The Hall–Kier alpha value is -2.74. The highest BCUT2D eigenvalue weighted by Crippen LogP contribution is 2.32. The van der Waals surface area contributed by atoms with Gasteiger partial charge in [-0.1, -0.05) is 23.7 Å². The number of methoxy groups -OCH3 is 1. The molecular formula is C18H15ClF3N3O2.